The molecule has 0 saturated carbocycles. The van der Waals surface area contributed by atoms with Crippen molar-refractivity contribution in [3.8, 4) is 6.07 Å². The molecule has 0 aliphatic heterocycles. The third-order valence-electron chi connectivity index (χ3n) is 1.59. The fraction of sp³-hybridized carbons (Fsp3) is 0.222. The van der Waals surface area contributed by atoms with Crippen molar-refractivity contribution < 1.29 is 0 Å². The molecule has 0 unspecified atom stereocenters. The number of hydrogen-bond donors (Lipinski definition) is 1. The Morgan fingerprint density at radius 3 is 2.83 bits per heavy atom. The standard InChI is InChI=1S/C9H9ClN2/c10-9-2-1-7(6-12)5-8(9)3-4-11/h1-2,5H,3-4,11H2. The summed E-state index contributed by atoms with van der Waals surface area (Å²) >= 11 is 5.87. The van der Waals surface area contributed by atoms with Crippen molar-refractivity contribution in [3.05, 3.63) is 34.3 Å². The van der Waals surface area contributed by atoms with E-state index in [1.807, 2.05) is 0 Å². The molecule has 0 fully saturated rings. The Morgan fingerprint density at radius 1 is 1.50 bits per heavy atom. The molecule has 2 nitrogen and oxygen atoms in total. The molecular weight excluding hydrogens is 172 g/mol. The van der Waals surface area contributed by atoms with Gasteiger partial charge in [-0.1, -0.05) is 11.6 Å². The minimum atomic E-state index is 0.550. The highest BCUT2D eigenvalue weighted by Crippen LogP contribution is 2.17. The fourth-order valence-corrected chi connectivity index (χ4v) is 1.20. The first-order valence-corrected chi connectivity index (χ1v) is 4.04. The molecule has 0 aromatic heterocycles. The third-order valence-corrected chi connectivity index (χ3v) is 1.96. The van der Waals surface area contributed by atoms with E-state index in [1.165, 1.54) is 0 Å². The van der Waals surface area contributed by atoms with E-state index < -0.39 is 0 Å². The third kappa shape index (κ3) is 1.97. The lowest BCUT2D eigenvalue weighted by Gasteiger charge is -2.01. The van der Waals surface area contributed by atoms with E-state index in [4.69, 9.17) is 22.6 Å². The first kappa shape index (κ1) is 9.05. The first-order valence-electron chi connectivity index (χ1n) is 3.66. The van der Waals surface area contributed by atoms with E-state index in [0.717, 1.165) is 5.56 Å². The molecule has 1 aromatic rings. The van der Waals surface area contributed by atoms with Gasteiger partial charge in [-0.05, 0) is 36.7 Å². The molecule has 0 bridgehead atoms. The van der Waals surface area contributed by atoms with Crippen molar-refractivity contribution in [2.24, 2.45) is 5.73 Å². The van der Waals surface area contributed by atoms with E-state index in [2.05, 4.69) is 6.07 Å². The molecule has 0 amide bonds. The number of rotatable bonds is 2. The molecule has 1 aromatic carbocycles. The number of nitriles is 1. The Hall–Kier alpha value is -1.04. The largest absolute Gasteiger partial charge is 0.330 e. The van der Waals surface area contributed by atoms with Crippen LogP contribution in [0.5, 0.6) is 0 Å². The zero-order valence-electron chi connectivity index (χ0n) is 6.55. The molecule has 62 valence electrons. The summed E-state index contributed by atoms with van der Waals surface area (Å²) in [4.78, 5) is 0. The van der Waals surface area contributed by atoms with E-state index in [-0.39, 0.29) is 0 Å². The lowest BCUT2D eigenvalue weighted by Crippen LogP contribution is -2.03. The highest BCUT2D eigenvalue weighted by molar-refractivity contribution is 6.31. The van der Waals surface area contributed by atoms with E-state index in [0.29, 0.717) is 23.6 Å². The van der Waals surface area contributed by atoms with Gasteiger partial charge in [0.05, 0.1) is 11.6 Å². The Balaban J connectivity index is 3.01. The van der Waals surface area contributed by atoms with Crippen molar-refractivity contribution in [2.75, 3.05) is 6.54 Å². The van der Waals surface area contributed by atoms with Crippen LogP contribution in [0.15, 0.2) is 18.2 Å². The molecular formula is C9H9ClN2. The van der Waals surface area contributed by atoms with Crippen molar-refractivity contribution >= 4 is 11.6 Å². The Bertz CT molecular complexity index is 315. The molecule has 0 aliphatic carbocycles. The monoisotopic (exact) mass is 180 g/mol. The lowest BCUT2D eigenvalue weighted by molar-refractivity contribution is 0.968. The molecule has 0 radical (unpaired) electrons. The second-order valence-corrected chi connectivity index (χ2v) is 2.86. The molecule has 3 heteroatoms. The van der Waals surface area contributed by atoms with Gasteiger partial charge in [0.15, 0.2) is 0 Å². The van der Waals surface area contributed by atoms with Crippen LogP contribution >= 0.6 is 11.6 Å². The van der Waals surface area contributed by atoms with Crippen molar-refractivity contribution in [1.82, 2.24) is 0 Å². The molecule has 0 aliphatic rings. The predicted molar refractivity (Wildman–Crippen MR) is 48.9 cm³/mol. The maximum Gasteiger partial charge on any atom is 0.0991 e. The number of benzene rings is 1. The van der Waals surface area contributed by atoms with Gasteiger partial charge in [-0.2, -0.15) is 5.26 Å². The summed E-state index contributed by atoms with van der Waals surface area (Å²) in [6.07, 6.45) is 0.717. The van der Waals surface area contributed by atoms with Gasteiger partial charge in [0.2, 0.25) is 0 Å². The molecule has 0 heterocycles. The Kier molecular flexibility index (Phi) is 3.09. The molecule has 1 rings (SSSR count). The van der Waals surface area contributed by atoms with E-state index in [1.54, 1.807) is 18.2 Å². The average Bonchev–Trinajstić information content (AvgIpc) is 2.09. The SMILES string of the molecule is N#Cc1ccc(Cl)c(CCN)c1. The van der Waals surface area contributed by atoms with Gasteiger partial charge in [-0.3, -0.25) is 0 Å². The van der Waals surface area contributed by atoms with Gasteiger partial charge in [-0.15, -0.1) is 0 Å². The summed E-state index contributed by atoms with van der Waals surface area (Å²) in [7, 11) is 0. The van der Waals surface area contributed by atoms with Crippen LogP contribution in [0.25, 0.3) is 0 Å². The number of nitrogens with two attached hydrogens (primary N) is 1. The number of nitrogens with zero attached hydrogens (tertiary/aromatic N) is 1. The first-order chi connectivity index (χ1) is 5.77. The highest BCUT2D eigenvalue weighted by Gasteiger charge is 1.99. The van der Waals surface area contributed by atoms with Gasteiger partial charge in [0.1, 0.15) is 0 Å². The highest BCUT2D eigenvalue weighted by atomic mass is 35.5. The zero-order valence-corrected chi connectivity index (χ0v) is 7.30. The molecule has 2 N–H and O–H groups in total. The summed E-state index contributed by atoms with van der Waals surface area (Å²) < 4.78 is 0. The minimum absolute atomic E-state index is 0.550. The van der Waals surface area contributed by atoms with Crippen LogP contribution in [-0.2, 0) is 6.42 Å². The Labute approximate surface area is 76.6 Å². The maximum atomic E-state index is 8.60. The van der Waals surface area contributed by atoms with Gasteiger partial charge in [-0.25, -0.2) is 0 Å². The van der Waals surface area contributed by atoms with Crippen LogP contribution in [0.2, 0.25) is 5.02 Å². The van der Waals surface area contributed by atoms with Crippen LogP contribution in [0.4, 0.5) is 0 Å². The van der Waals surface area contributed by atoms with Gasteiger partial charge >= 0.3 is 0 Å². The van der Waals surface area contributed by atoms with Gasteiger partial charge in [0.25, 0.3) is 0 Å². The second-order valence-electron chi connectivity index (χ2n) is 2.46. The zero-order chi connectivity index (χ0) is 8.97. The van der Waals surface area contributed by atoms with Crippen molar-refractivity contribution in [1.29, 1.82) is 5.26 Å². The van der Waals surface area contributed by atoms with Crippen molar-refractivity contribution in [2.45, 2.75) is 6.42 Å². The van der Waals surface area contributed by atoms with Gasteiger partial charge in [0, 0.05) is 5.02 Å². The fourth-order valence-electron chi connectivity index (χ4n) is 0.991. The smallest absolute Gasteiger partial charge is 0.0991 e. The summed E-state index contributed by atoms with van der Waals surface area (Å²) in [6.45, 7) is 0.550. The second kappa shape index (κ2) is 4.10. The number of halogens is 1. The summed E-state index contributed by atoms with van der Waals surface area (Å²) in [6, 6.07) is 7.25. The normalized spacial score (nSPS) is 9.42. The van der Waals surface area contributed by atoms with Crippen LogP contribution in [0, 0.1) is 11.3 Å². The Morgan fingerprint density at radius 2 is 2.25 bits per heavy atom. The quantitative estimate of drug-likeness (QED) is 0.754. The van der Waals surface area contributed by atoms with Crippen LogP contribution in [0.1, 0.15) is 11.1 Å². The lowest BCUT2D eigenvalue weighted by atomic mass is 10.1. The van der Waals surface area contributed by atoms with Gasteiger partial charge < -0.3 is 5.73 Å². The molecule has 12 heavy (non-hydrogen) atoms. The maximum absolute atomic E-state index is 8.60. The summed E-state index contributed by atoms with van der Waals surface area (Å²) in [5.41, 5.74) is 6.95. The average molecular weight is 181 g/mol. The summed E-state index contributed by atoms with van der Waals surface area (Å²) in [5, 5.41) is 9.28. The van der Waals surface area contributed by atoms with Crippen LogP contribution in [-0.4, -0.2) is 6.54 Å². The van der Waals surface area contributed by atoms with E-state index in [9.17, 15) is 0 Å². The van der Waals surface area contributed by atoms with E-state index >= 15 is 0 Å². The van der Waals surface area contributed by atoms with Crippen molar-refractivity contribution in [3.63, 3.8) is 0 Å². The van der Waals surface area contributed by atoms with Crippen LogP contribution in [0.3, 0.4) is 0 Å². The number of hydrogen-bond acceptors (Lipinski definition) is 2. The molecule has 0 spiro atoms. The molecule has 0 saturated heterocycles. The predicted octanol–water partition coefficient (Wildman–Crippen LogP) is 1.71. The molecule has 0 atom stereocenters. The minimum Gasteiger partial charge on any atom is -0.330 e. The van der Waals surface area contributed by atoms with Crippen LogP contribution < -0.4 is 5.73 Å². The topological polar surface area (TPSA) is 49.8 Å². The summed E-state index contributed by atoms with van der Waals surface area (Å²) in [5.74, 6) is 0.